The zero-order valence-electron chi connectivity index (χ0n) is 18.8. The Hall–Kier alpha value is -0.603. The second-order valence-corrected chi connectivity index (χ2v) is 4.76. The van der Waals surface area contributed by atoms with Gasteiger partial charge in [-0.15, -0.1) is 24.3 Å². The zero-order chi connectivity index (χ0) is 23.1. The number of hydrogen-bond acceptors (Lipinski definition) is 0. The van der Waals surface area contributed by atoms with Crippen LogP contribution < -0.4 is 0 Å². The van der Waals surface area contributed by atoms with Gasteiger partial charge in [-0.1, -0.05) is 12.1 Å². The molecular weight excluding hydrogens is 512 g/mol. The van der Waals surface area contributed by atoms with Crippen molar-refractivity contribution in [2.45, 2.75) is 0 Å². The van der Waals surface area contributed by atoms with Crippen LogP contribution in [0.3, 0.4) is 0 Å². The molecule has 0 aliphatic heterocycles. The molecule has 0 radical (unpaired) electrons. The van der Waals surface area contributed by atoms with E-state index in [-0.39, 0.29) is 0 Å². The fourth-order valence-corrected chi connectivity index (χ4v) is 0.956. The fourth-order valence-electron chi connectivity index (χ4n) is 0.956. The fraction of sp³-hybridized carbons (Fsp3) is 0.364. The van der Waals surface area contributed by atoms with E-state index in [2.05, 4.69) is 35.1 Å². The Morgan fingerprint density at radius 2 is 0.607 bits per heavy atom. The summed E-state index contributed by atoms with van der Waals surface area (Å²) in [6, 6.07) is 19.7. The van der Waals surface area contributed by atoms with E-state index < -0.39 is 0 Å². The summed E-state index contributed by atoms with van der Waals surface area (Å²) in [5.41, 5.74) is 2.14. The Bertz CT molecular complexity index is 406. The molecule has 0 aliphatic rings. The van der Waals surface area contributed by atoms with Crippen LogP contribution in [0.2, 0.25) is 0 Å². The quantitative estimate of drug-likeness (QED) is 0.277. The van der Waals surface area contributed by atoms with E-state index in [0.717, 1.165) is 11.1 Å². The van der Waals surface area contributed by atoms with Crippen LogP contribution in [0.5, 0.6) is 0 Å². The summed E-state index contributed by atoms with van der Waals surface area (Å²) >= 11 is 3.92. The molecule has 0 fully saturated rings. The molecule has 0 aliphatic carbocycles. The average Bonchev–Trinajstić information content (AvgIpc) is 2.68. The Labute approximate surface area is 194 Å². The van der Waals surface area contributed by atoms with Crippen LogP contribution in [0.15, 0.2) is 60.7 Å². The second kappa shape index (κ2) is 45.3. The zero-order valence-corrected chi connectivity index (χ0v) is 22.8. The standard InChI is InChI=1S/2C7H7.4C2H6N.2Mo/c2*1-7-5-3-2-4-6-7;4*1-3-2;;/h2*2-6H,1H2;4*1-2H3;;/q6*-1;;. The van der Waals surface area contributed by atoms with Gasteiger partial charge in [-0.25, -0.2) is 0 Å². The third kappa shape index (κ3) is 63.8. The third-order valence-corrected chi connectivity index (χ3v) is 1.69. The molecule has 164 valence electrons. The molecule has 2 aromatic rings. The van der Waals surface area contributed by atoms with Gasteiger partial charge >= 0.3 is 31.9 Å². The molecule has 2 aromatic carbocycles. The predicted molar refractivity (Wildman–Crippen MR) is 123 cm³/mol. The first-order chi connectivity index (χ1) is 13.4. The maximum atomic E-state index is 3.72. The molecule has 0 spiro atoms. The Balaban J connectivity index is -0.0000000786. The van der Waals surface area contributed by atoms with Crippen LogP contribution in [-0.2, 0) is 31.9 Å². The first-order valence-corrected chi connectivity index (χ1v) is 13.9. The van der Waals surface area contributed by atoms with Gasteiger partial charge in [0.25, 0.3) is 0 Å². The summed E-state index contributed by atoms with van der Waals surface area (Å²) in [6.45, 7) is 7.44. The van der Waals surface area contributed by atoms with E-state index in [1.807, 2.05) is 92.5 Å². The molecule has 28 heavy (non-hydrogen) atoms. The molecule has 0 N–H and O–H groups in total. The van der Waals surface area contributed by atoms with Gasteiger partial charge < -0.3 is 21.3 Å². The molecular formula is C22H38Mo2N4-6. The van der Waals surface area contributed by atoms with Crippen molar-refractivity contribution in [2.75, 3.05) is 56.4 Å². The Morgan fingerprint density at radius 1 is 0.464 bits per heavy atom. The van der Waals surface area contributed by atoms with Gasteiger partial charge in [-0.2, -0.15) is 106 Å². The van der Waals surface area contributed by atoms with E-state index in [4.69, 9.17) is 0 Å². The minimum atomic E-state index is 1.07. The van der Waals surface area contributed by atoms with Crippen LogP contribution in [-0.4, -0.2) is 56.4 Å². The number of rotatable bonds is 0. The molecule has 0 saturated carbocycles. The van der Waals surface area contributed by atoms with Crippen molar-refractivity contribution in [1.29, 1.82) is 0 Å². The van der Waals surface area contributed by atoms with Crippen LogP contribution in [0, 0.1) is 13.8 Å². The SMILES string of the molecule is C[N-]C.C[N-]C.C[N-]C.C[N-]C.[CH2-]c1ccccc1.[CH2-]c1ccccc1.[Mo]#[Mo]. The molecule has 0 heterocycles. The number of nitrogens with zero attached hydrogens (tertiary/aromatic N) is 4. The molecule has 0 aromatic heterocycles. The molecule has 0 amide bonds. The molecule has 0 unspecified atom stereocenters. The molecule has 6 heteroatoms. The van der Waals surface area contributed by atoms with Crippen molar-refractivity contribution in [3.8, 4) is 0 Å². The molecule has 2 rings (SSSR count). The molecule has 0 atom stereocenters. The van der Waals surface area contributed by atoms with Gasteiger partial charge in [-0.3, -0.25) is 0 Å². The van der Waals surface area contributed by atoms with E-state index in [9.17, 15) is 0 Å². The van der Waals surface area contributed by atoms with Gasteiger partial charge in [-0.05, 0) is 0 Å². The summed E-state index contributed by atoms with van der Waals surface area (Å²) in [5.74, 6) is 0. The summed E-state index contributed by atoms with van der Waals surface area (Å²) < 4.78 is 0. The predicted octanol–water partition coefficient (Wildman–Crippen LogP) is 6.21. The van der Waals surface area contributed by atoms with Gasteiger partial charge in [0.05, 0.1) is 0 Å². The summed E-state index contributed by atoms with van der Waals surface area (Å²) in [4.78, 5) is 0. The third-order valence-electron chi connectivity index (χ3n) is 1.69. The van der Waals surface area contributed by atoms with Gasteiger partial charge in [0.15, 0.2) is 0 Å². The topological polar surface area (TPSA) is 56.4 Å². The van der Waals surface area contributed by atoms with Gasteiger partial charge in [0.2, 0.25) is 0 Å². The molecule has 0 saturated heterocycles. The average molecular weight is 550 g/mol. The summed E-state index contributed by atoms with van der Waals surface area (Å²) in [5, 5.41) is 14.0. The van der Waals surface area contributed by atoms with E-state index in [0.29, 0.717) is 0 Å². The number of benzene rings is 2. The summed E-state index contributed by atoms with van der Waals surface area (Å²) in [6.07, 6.45) is 0. The minimum absolute atomic E-state index is 1.07. The van der Waals surface area contributed by atoms with Crippen molar-refractivity contribution in [2.24, 2.45) is 0 Å². The second-order valence-electron chi connectivity index (χ2n) is 4.76. The van der Waals surface area contributed by atoms with E-state index >= 15 is 0 Å². The van der Waals surface area contributed by atoms with Crippen LogP contribution in [0.4, 0.5) is 0 Å². The first-order valence-electron chi connectivity index (χ1n) is 8.27. The monoisotopic (exact) mass is 554 g/mol. The Morgan fingerprint density at radius 3 is 0.679 bits per heavy atom. The van der Waals surface area contributed by atoms with Gasteiger partial charge in [0.1, 0.15) is 0 Å². The van der Waals surface area contributed by atoms with Crippen molar-refractivity contribution >= 4 is 0 Å². The van der Waals surface area contributed by atoms with Crippen LogP contribution in [0.1, 0.15) is 11.1 Å². The van der Waals surface area contributed by atoms with E-state index in [1.54, 1.807) is 56.4 Å². The van der Waals surface area contributed by atoms with Crippen molar-refractivity contribution in [3.63, 3.8) is 0 Å². The summed E-state index contributed by atoms with van der Waals surface area (Å²) in [7, 11) is 14.0. The molecule has 0 bridgehead atoms. The van der Waals surface area contributed by atoms with Crippen molar-refractivity contribution in [1.82, 2.24) is 0 Å². The van der Waals surface area contributed by atoms with Crippen molar-refractivity contribution in [3.05, 3.63) is 107 Å². The number of hydrogen-bond donors (Lipinski definition) is 0. The first kappa shape index (κ1) is 38.1. The Kier molecular flexibility index (Phi) is 61.5. The normalized spacial score (nSPS) is 6.93. The van der Waals surface area contributed by atoms with Crippen LogP contribution in [0.25, 0.3) is 21.3 Å². The van der Waals surface area contributed by atoms with Crippen LogP contribution >= 0.6 is 0 Å². The van der Waals surface area contributed by atoms with Gasteiger partial charge in [0, 0.05) is 0 Å². The maximum absolute atomic E-state index is 3.72. The van der Waals surface area contributed by atoms with E-state index in [1.165, 1.54) is 0 Å². The molecule has 4 nitrogen and oxygen atoms in total. The van der Waals surface area contributed by atoms with Crippen molar-refractivity contribution < 1.29 is 31.9 Å².